The third-order valence-corrected chi connectivity index (χ3v) is 31.5. The van der Waals surface area contributed by atoms with Crippen molar-refractivity contribution in [1.82, 2.24) is 50.8 Å². The van der Waals surface area contributed by atoms with Crippen LogP contribution in [0.5, 0.6) is 0 Å². The number of rotatable bonds is 21. The quantitative estimate of drug-likeness (QED) is 0.0230. The molecule has 4 aromatic heterocycles. The number of nitrogens with one attached hydrogen (secondary N) is 6. The maximum atomic E-state index is 14.7. The summed E-state index contributed by atoms with van der Waals surface area (Å²) >= 11 is 1.16. The molecule has 0 saturated carbocycles. The Labute approximate surface area is 488 Å². The zero-order chi connectivity index (χ0) is 58.2. The van der Waals surface area contributed by atoms with Crippen LogP contribution >= 0.6 is 15.9 Å². The SMILES string of the molecule is CCC[CH2][Sn]([CH2]CCC)([CH2]CCC)[c]1ccn[nH]1.O=C(NC[C@@H]1CCN(C(=O)C(=O)c2c[nH]c3c(-c4ccn[nH]4)ccc(F)c23)C1)c1ccccc1.O=C(NC[C@@H]1CCN(C(=O)C(=O)c2c[nH]c3c(Br)ccc(F)c23)C1)c1ccccc1. The number of H-pyrrole nitrogens is 4. The summed E-state index contributed by atoms with van der Waals surface area (Å²) in [5.41, 5.74) is 3.34. The van der Waals surface area contributed by atoms with E-state index in [0.29, 0.717) is 90.0 Å². The first kappa shape index (κ1) is 60.8. The van der Waals surface area contributed by atoms with Crippen LogP contribution in [0.1, 0.15) is 114 Å². The summed E-state index contributed by atoms with van der Waals surface area (Å²) in [6.45, 7) is 9.33. The zero-order valence-corrected chi connectivity index (χ0v) is 51.0. The Morgan fingerprint density at radius 2 is 1.06 bits per heavy atom. The number of hydrogen-bond donors (Lipinski definition) is 6. The number of amides is 4. The second-order valence-corrected chi connectivity index (χ2v) is 35.2. The molecular formula is C62H71BrF2N10O6Sn. The summed E-state index contributed by atoms with van der Waals surface area (Å²) in [5.74, 6) is -4.24. The van der Waals surface area contributed by atoms with Crippen LogP contribution in [0.4, 0.5) is 8.78 Å². The molecule has 4 amide bonds. The molecule has 2 atom stereocenters. The van der Waals surface area contributed by atoms with E-state index in [-0.39, 0.29) is 45.5 Å². The van der Waals surface area contributed by atoms with Crippen LogP contribution in [0.3, 0.4) is 0 Å². The number of aromatic amines is 4. The van der Waals surface area contributed by atoms with Gasteiger partial charge in [-0.25, -0.2) is 8.78 Å². The van der Waals surface area contributed by atoms with E-state index in [1.807, 2.05) is 18.3 Å². The molecule has 10 rings (SSSR count). The summed E-state index contributed by atoms with van der Waals surface area (Å²) in [6.07, 6.45) is 15.9. The van der Waals surface area contributed by atoms with Gasteiger partial charge in [0, 0.05) is 89.8 Å². The number of benzene rings is 4. The van der Waals surface area contributed by atoms with Crippen molar-refractivity contribution in [2.24, 2.45) is 11.8 Å². The topological polar surface area (TPSA) is 222 Å². The molecule has 16 nitrogen and oxygen atoms in total. The monoisotopic (exact) mass is 1290 g/mol. The van der Waals surface area contributed by atoms with Gasteiger partial charge in [0.15, 0.2) is 0 Å². The molecule has 430 valence electrons. The van der Waals surface area contributed by atoms with Crippen LogP contribution in [-0.2, 0) is 9.59 Å². The predicted octanol–water partition coefficient (Wildman–Crippen LogP) is 11.2. The van der Waals surface area contributed by atoms with Crippen LogP contribution in [0.15, 0.2) is 126 Å². The van der Waals surface area contributed by atoms with Gasteiger partial charge in [-0.05, 0) is 95.2 Å². The standard InChI is InChI=1S/C25H22FN5O3.C22H19BrFN3O3.3C4H9.C3H3N2.Sn/c26-19-7-6-17(20-8-10-29-30-20)22-21(19)18(13-27-22)23(32)25(34)31-11-9-15(14-31)12-28-24(33)16-4-2-1-3-5-16;23-16-6-7-17(24)18-15(11-25-19(16)18)20(28)22(30)27-9-8-13(12-27)10-26-21(29)14-4-2-1-3-5-14;3*1-3-4-2;1-2-4-5-3-1;/h1-8,10,13,15,27H,9,11-12,14H2,(H,28,33)(H,29,30);1-7,11,13,25H,8-10,12H2,(H,26,29);3*1,3-4H2,2H3;1-2H,(H,4,5);/t15-;13-;;;;;/m00...../s1. The number of aromatic nitrogens is 6. The van der Waals surface area contributed by atoms with E-state index < -0.39 is 53.4 Å². The smallest absolute Gasteiger partial charge is 0.295 e. The van der Waals surface area contributed by atoms with Gasteiger partial charge in [0.1, 0.15) is 11.6 Å². The van der Waals surface area contributed by atoms with Crippen LogP contribution in [0.25, 0.3) is 33.1 Å². The molecule has 0 spiro atoms. The molecule has 4 aromatic carbocycles. The van der Waals surface area contributed by atoms with Crippen molar-refractivity contribution < 1.29 is 37.5 Å². The first-order chi connectivity index (χ1) is 39.8. The van der Waals surface area contributed by atoms with E-state index >= 15 is 0 Å². The summed E-state index contributed by atoms with van der Waals surface area (Å²) in [7, 11) is 0. The first-order valence-corrected chi connectivity index (χ1v) is 36.6. The van der Waals surface area contributed by atoms with Gasteiger partial charge in [-0.2, -0.15) is 5.10 Å². The first-order valence-electron chi connectivity index (χ1n) is 28.3. The largest absolute Gasteiger partial charge is 0.360 e. The number of carbonyl (C=O) groups is 6. The summed E-state index contributed by atoms with van der Waals surface area (Å²) in [6, 6.07) is 27.5. The van der Waals surface area contributed by atoms with Gasteiger partial charge < -0.3 is 30.4 Å². The zero-order valence-electron chi connectivity index (χ0n) is 46.6. The van der Waals surface area contributed by atoms with Gasteiger partial charge in [0.25, 0.3) is 35.2 Å². The number of ketones is 2. The minimum atomic E-state index is -2.15. The van der Waals surface area contributed by atoms with Crippen molar-refractivity contribution in [3.63, 3.8) is 0 Å². The van der Waals surface area contributed by atoms with E-state index in [2.05, 4.69) is 83.8 Å². The fourth-order valence-electron chi connectivity index (χ4n) is 11.0. The molecule has 20 heteroatoms. The molecule has 0 radical (unpaired) electrons. The Morgan fingerprint density at radius 3 is 1.52 bits per heavy atom. The third kappa shape index (κ3) is 14.7. The van der Waals surface area contributed by atoms with Gasteiger partial charge in [-0.3, -0.25) is 33.9 Å². The third-order valence-electron chi connectivity index (χ3n) is 15.6. The number of unbranched alkanes of at least 4 members (excludes halogenated alkanes) is 3. The van der Waals surface area contributed by atoms with Gasteiger partial charge in [-0.1, -0.05) is 36.4 Å². The number of likely N-dealkylation sites (tertiary alicyclic amines) is 2. The maximum Gasteiger partial charge on any atom is 0.295 e. The van der Waals surface area contributed by atoms with E-state index in [4.69, 9.17) is 0 Å². The number of fused-ring (bicyclic) bond motifs is 2. The van der Waals surface area contributed by atoms with Gasteiger partial charge >= 0.3 is 117 Å². The van der Waals surface area contributed by atoms with Crippen LogP contribution in [0.2, 0.25) is 13.3 Å². The second-order valence-electron chi connectivity index (χ2n) is 21.2. The second kappa shape index (κ2) is 29.1. The average molecular weight is 1290 g/mol. The molecule has 2 aliphatic rings. The molecule has 8 aromatic rings. The number of halogens is 3. The molecule has 6 heterocycles. The Balaban J connectivity index is 0.000000169. The van der Waals surface area contributed by atoms with Crippen molar-refractivity contribution in [2.75, 3.05) is 39.3 Å². The Morgan fingerprint density at radius 1 is 0.598 bits per heavy atom. The summed E-state index contributed by atoms with van der Waals surface area (Å²) < 4.78 is 35.8. The number of nitrogens with zero attached hydrogens (tertiary/aromatic N) is 4. The number of hydrogen-bond acceptors (Lipinski definition) is 8. The molecule has 6 N–H and O–H groups in total. The van der Waals surface area contributed by atoms with E-state index in [0.717, 1.165) is 0 Å². The number of Topliss-reactive ketones (excluding diaryl/α,β-unsaturated/α-hetero) is 2. The van der Waals surface area contributed by atoms with Crippen LogP contribution in [0, 0.1) is 23.5 Å². The fourth-order valence-corrected chi connectivity index (χ4v) is 26.8. The van der Waals surface area contributed by atoms with Crippen LogP contribution in [-0.4, -0.2) is 133 Å². The molecule has 2 saturated heterocycles. The summed E-state index contributed by atoms with van der Waals surface area (Å²) in [4.78, 5) is 84.7. The van der Waals surface area contributed by atoms with Gasteiger partial charge in [-0.15, -0.1) is 0 Å². The van der Waals surface area contributed by atoms with Crippen molar-refractivity contribution in [1.29, 1.82) is 0 Å². The normalized spacial score (nSPS) is 15.0. The molecule has 0 bridgehead atoms. The average Bonchev–Trinajstić information content (AvgIpc) is 4.55. The number of carbonyl (C=O) groups excluding carboxylic acids is 6. The van der Waals surface area contributed by atoms with Crippen LogP contribution < -0.4 is 14.3 Å². The molecular weight excluding hydrogens is 1220 g/mol. The minimum absolute atomic E-state index is 0.000282. The van der Waals surface area contributed by atoms with Crippen molar-refractivity contribution in [3.05, 3.63) is 160 Å². The maximum absolute atomic E-state index is 14.7. The molecule has 0 unspecified atom stereocenters. The molecule has 0 aliphatic carbocycles. The van der Waals surface area contributed by atoms with Crippen molar-refractivity contribution in [2.45, 2.75) is 85.4 Å². The Bertz CT molecular complexity index is 3430. The summed E-state index contributed by atoms with van der Waals surface area (Å²) in [5, 5.41) is 20.3. The Hall–Kier alpha value is -7.26. The molecule has 82 heavy (non-hydrogen) atoms. The molecule has 2 fully saturated rings. The Kier molecular flexibility index (Phi) is 21.6. The van der Waals surface area contributed by atoms with E-state index in [9.17, 15) is 37.5 Å². The van der Waals surface area contributed by atoms with Crippen molar-refractivity contribution in [3.8, 4) is 11.3 Å². The minimum Gasteiger partial charge on any atom is -0.360 e. The van der Waals surface area contributed by atoms with E-state index in [1.165, 1.54) is 86.2 Å². The predicted molar refractivity (Wildman–Crippen MR) is 321 cm³/mol. The van der Waals surface area contributed by atoms with E-state index in [1.54, 1.807) is 76.6 Å². The molecule has 2 aliphatic heterocycles. The van der Waals surface area contributed by atoms with Crippen molar-refractivity contribution >= 4 is 95.0 Å². The fraction of sp³-hybridized carbons (Fsp3) is 0.355. The van der Waals surface area contributed by atoms with Gasteiger partial charge in [0.2, 0.25) is 0 Å². The van der Waals surface area contributed by atoms with Gasteiger partial charge in [0.05, 0.1) is 27.9 Å².